The lowest BCUT2D eigenvalue weighted by molar-refractivity contribution is -0.126. The summed E-state index contributed by atoms with van der Waals surface area (Å²) in [6, 6.07) is -0.377. The molecular formula is C14H20N4O2S. The van der Waals surface area contributed by atoms with E-state index in [1.807, 2.05) is 20.0 Å². The average molecular weight is 308 g/mol. The van der Waals surface area contributed by atoms with Crippen LogP contribution in [0.1, 0.15) is 29.7 Å². The molecule has 2 aliphatic rings. The number of hydrogen-bond acceptors (Lipinski definition) is 5. The molecule has 3 heterocycles. The van der Waals surface area contributed by atoms with Crippen molar-refractivity contribution >= 4 is 23.3 Å². The van der Waals surface area contributed by atoms with Gasteiger partial charge in [-0.25, -0.2) is 9.78 Å². The Morgan fingerprint density at radius 3 is 2.95 bits per heavy atom. The Balaban J connectivity index is 1.68. The molecule has 0 unspecified atom stereocenters. The largest absolute Gasteiger partial charge is 0.323 e. The Labute approximate surface area is 127 Å². The first-order valence-electron chi connectivity index (χ1n) is 7.24. The van der Waals surface area contributed by atoms with Crippen molar-refractivity contribution < 1.29 is 9.59 Å². The maximum atomic E-state index is 12.1. The van der Waals surface area contributed by atoms with Crippen molar-refractivity contribution in [2.75, 3.05) is 13.1 Å². The highest BCUT2D eigenvalue weighted by molar-refractivity contribution is 7.11. The summed E-state index contributed by atoms with van der Waals surface area (Å²) in [6.07, 6.45) is 3.93. The molecule has 7 heteroatoms. The second-order valence-electron chi connectivity index (χ2n) is 6.03. The quantitative estimate of drug-likeness (QED) is 0.825. The minimum atomic E-state index is -0.778. The number of likely N-dealkylation sites (tertiary alicyclic amines) is 1. The summed E-state index contributed by atoms with van der Waals surface area (Å²) in [6.45, 7) is 6.55. The third kappa shape index (κ3) is 2.80. The van der Waals surface area contributed by atoms with Gasteiger partial charge in [0.05, 0.1) is 5.01 Å². The molecule has 0 aliphatic carbocycles. The molecule has 0 radical (unpaired) electrons. The summed E-state index contributed by atoms with van der Waals surface area (Å²) < 4.78 is 0. The zero-order valence-corrected chi connectivity index (χ0v) is 13.1. The van der Waals surface area contributed by atoms with Gasteiger partial charge in [-0.2, -0.15) is 0 Å². The summed E-state index contributed by atoms with van der Waals surface area (Å²) in [5.74, 6) is -0.0558. The summed E-state index contributed by atoms with van der Waals surface area (Å²) in [7, 11) is 0. The van der Waals surface area contributed by atoms with Gasteiger partial charge < -0.3 is 5.32 Å². The summed E-state index contributed by atoms with van der Waals surface area (Å²) in [5, 5.41) is 6.24. The van der Waals surface area contributed by atoms with E-state index >= 15 is 0 Å². The molecule has 2 N–H and O–H groups in total. The predicted molar refractivity (Wildman–Crippen MR) is 79.9 cm³/mol. The number of nitrogens with one attached hydrogen (secondary N) is 2. The number of amides is 3. The van der Waals surface area contributed by atoms with E-state index in [4.69, 9.17) is 0 Å². The molecule has 1 aromatic heterocycles. The predicted octanol–water partition coefficient (Wildman–Crippen LogP) is 1.26. The van der Waals surface area contributed by atoms with Crippen LogP contribution in [0, 0.1) is 12.8 Å². The molecule has 2 saturated heterocycles. The van der Waals surface area contributed by atoms with Gasteiger partial charge in [-0.05, 0) is 33.2 Å². The summed E-state index contributed by atoms with van der Waals surface area (Å²) in [4.78, 5) is 31.4. The first-order valence-corrected chi connectivity index (χ1v) is 8.06. The van der Waals surface area contributed by atoms with Gasteiger partial charge in [-0.15, -0.1) is 11.3 Å². The first-order chi connectivity index (χ1) is 9.97. The third-order valence-corrected chi connectivity index (χ3v) is 5.34. The van der Waals surface area contributed by atoms with Crippen LogP contribution in [-0.4, -0.2) is 40.5 Å². The minimum absolute atomic E-state index is 0.145. The number of rotatable bonds is 3. The lowest BCUT2D eigenvalue weighted by Crippen LogP contribution is -2.55. The van der Waals surface area contributed by atoms with Crippen LogP contribution in [0.2, 0.25) is 0 Å². The number of thiazole rings is 1. The van der Waals surface area contributed by atoms with E-state index in [9.17, 15) is 9.59 Å². The standard InChI is InChI=1S/C14H20N4O2S/c1-9-15-6-11(21-9)8-18-5-3-4-10(7-18)14(2)12(19)16-13(20)17-14/h6,10H,3-5,7-8H2,1-2H3,(H2,16,17,19,20)/t10-,14+/m0/s1. The van der Waals surface area contributed by atoms with E-state index in [2.05, 4.69) is 20.5 Å². The van der Waals surface area contributed by atoms with Gasteiger partial charge in [0.2, 0.25) is 0 Å². The topological polar surface area (TPSA) is 74.3 Å². The molecule has 2 aliphatic heterocycles. The van der Waals surface area contributed by atoms with Crippen molar-refractivity contribution in [2.24, 2.45) is 5.92 Å². The van der Waals surface area contributed by atoms with Gasteiger partial charge in [0.1, 0.15) is 5.54 Å². The highest BCUT2D eigenvalue weighted by Gasteiger charge is 2.48. The van der Waals surface area contributed by atoms with Crippen LogP contribution in [0.5, 0.6) is 0 Å². The van der Waals surface area contributed by atoms with Crippen LogP contribution in [0.15, 0.2) is 6.20 Å². The van der Waals surface area contributed by atoms with E-state index in [0.717, 1.165) is 37.5 Å². The van der Waals surface area contributed by atoms with E-state index in [-0.39, 0.29) is 17.9 Å². The summed E-state index contributed by atoms with van der Waals surface area (Å²) >= 11 is 1.71. The molecule has 0 bridgehead atoms. The Morgan fingerprint density at radius 1 is 1.52 bits per heavy atom. The fourth-order valence-corrected chi connectivity index (χ4v) is 4.05. The van der Waals surface area contributed by atoms with Crippen molar-refractivity contribution in [3.63, 3.8) is 0 Å². The number of piperidine rings is 1. The molecule has 1 aromatic rings. The maximum absolute atomic E-state index is 12.1. The molecule has 0 aromatic carbocycles. The Morgan fingerprint density at radius 2 is 2.33 bits per heavy atom. The van der Waals surface area contributed by atoms with Crippen LogP contribution >= 0.6 is 11.3 Å². The molecule has 0 saturated carbocycles. The molecule has 2 atom stereocenters. The molecule has 3 amide bonds. The monoisotopic (exact) mass is 308 g/mol. The lowest BCUT2D eigenvalue weighted by Gasteiger charge is -2.39. The van der Waals surface area contributed by atoms with E-state index in [0.29, 0.717) is 0 Å². The molecule has 0 spiro atoms. The molecule has 114 valence electrons. The van der Waals surface area contributed by atoms with Gasteiger partial charge in [-0.3, -0.25) is 15.0 Å². The number of aryl methyl sites for hydroxylation is 1. The normalized spacial score (nSPS) is 30.3. The highest BCUT2D eigenvalue weighted by atomic mass is 32.1. The van der Waals surface area contributed by atoms with Gasteiger partial charge in [0.25, 0.3) is 5.91 Å². The average Bonchev–Trinajstić information content (AvgIpc) is 2.94. The SMILES string of the molecule is Cc1ncc(CN2CCC[C@H]([C@@]3(C)NC(=O)NC3=O)C2)s1. The second-order valence-corrected chi connectivity index (χ2v) is 7.35. The molecule has 21 heavy (non-hydrogen) atoms. The van der Waals surface area contributed by atoms with Crippen molar-refractivity contribution in [3.05, 3.63) is 16.1 Å². The smallest absolute Gasteiger partial charge is 0.322 e. The zero-order valence-electron chi connectivity index (χ0n) is 12.3. The van der Waals surface area contributed by atoms with Gasteiger partial charge in [0, 0.05) is 30.1 Å². The molecular weight excluding hydrogens is 288 g/mol. The van der Waals surface area contributed by atoms with Crippen LogP contribution in [0.3, 0.4) is 0 Å². The van der Waals surface area contributed by atoms with Crippen LogP contribution in [-0.2, 0) is 11.3 Å². The number of nitrogens with zero attached hydrogens (tertiary/aromatic N) is 2. The lowest BCUT2D eigenvalue weighted by atomic mass is 9.80. The third-order valence-electron chi connectivity index (χ3n) is 4.44. The number of carbonyl (C=O) groups excluding carboxylic acids is 2. The number of carbonyl (C=O) groups is 2. The van der Waals surface area contributed by atoms with Crippen molar-refractivity contribution in [2.45, 2.75) is 38.8 Å². The van der Waals surface area contributed by atoms with Gasteiger partial charge in [-0.1, -0.05) is 0 Å². The van der Waals surface area contributed by atoms with Gasteiger partial charge in [0.15, 0.2) is 0 Å². The number of hydrogen-bond donors (Lipinski definition) is 2. The minimum Gasteiger partial charge on any atom is -0.323 e. The van der Waals surface area contributed by atoms with Crippen LogP contribution in [0.4, 0.5) is 4.79 Å². The maximum Gasteiger partial charge on any atom is 0.322 e. The number of urea groups is 1. The zero-order chi connectivity index (χ0) is 15.0. The van der Waals surface area contributed by atoms with E-state index in [1.54, 1.807) is 11.3 Å². The van der Waals surface area contributed by atoms with Crippen molar-refractivity contribution in [3.8, 4) is 0 Å². The molecule has 6 nitrogen and oxygen atoms in total. The fraction of sp³-hybridized carbons (Fsp3) is 0.643. The Hall–Kier alpha value is -1.47. The fourth-order valence-electron chi connectivity index (χ4n) is 3.21. The summed E-state index contributed by atoms with van der Waals surface area (Å²) in [5.41, 5.74) is -0.778. The molecule has 2 fully saturated rings. The van der Waals surface area contributed by atoms with Crippen LogP contribution in [0.25, 0.3) is 0 Å². The first kappa shape index (κ1) is 14.5. The molecule has 3 rings (SSSR count). The second kappa shape index (κ2) is 5.38. The number of aromatic nitrogens is 1. The van der Waals surface area contributed by atoms with Gasteiger partial charge >= 0.3 is 6.03 Å². The highest BCUT2D eigenvalue weighted by Crippen LogP contribution is 2.30. The van der Waals surface area contributed by atoms with Crippen LogP contribution < -0.4 is 10.6 Å². The Kier molecular flexibility index (Phi) is 3.71. The van der Waals surface area contributed by atoms with Crippen molar-refractivity contribution in [1.82, 2.24) is 20.5 Å². The van der Waals surface area contributed by atoms with Crippen molar-refractivity contribution in [1.29, 1.82) is 0 Å². The van der Waals surface area contributed by atoms with E-state index in [1.165, 1.54) is 4.88 Å². The Bertz CT molecular complexity index is 573. The number of imide groups is 1. The van der Waals surface area contributed by atoms with E-state index < -0.39 is 5.54 Å².